The molecular formula is C60H37N5. The molecule has 10 aromatic carbocycles. The number of benzene rings is 10. The van der Waals surface area contributed by atoms with Crippen molar-refractivity contribution in [1.29, 1.82) is 0 Å². The van der Waals surface area contributed by atoms with E-state index in [1.165, 1.54) is 76.3 Å². The predicted molar refractivity (Wildman–Crippen MR) is 270 cm³/mol. The molecule has 5 heteroatoms. The number of rotatable bonds is 6. The SMILES string of the molecule is c1ccc(-c2cc(-c3ccccc3)nc(-n3c4cccc5ccc6c(-c7ccc8c9ccccc9n(-c9ccc%10c(c9)c9ccccc9n%10-c9ccccc9)c8c7)ccc3c6c54)n2)cc1. The first kappa shape index (κ1) is 35.8. The van der Waals surface area contributed by atoms with Crippen LogP contribution in [0.15, 0.2) is 224 Å². The number of fused-ring (bicyclic) bond motifs is 6. The van der Waals surface area contributed by atoms with Gasteiger partial charge in [0.25, 0.3) is 0 Å². The highest BCUT2D eigenvalue weighted by Crippen LogP contribution is 2.44. The van der Waals surface area contributed by atoms with Gasteiger partial charge in [-0.15, -0.1) is 0 Å². The second kappa shape index (κ2) is 13.9. The highest BCUT2D eigenvalue weighted by Gasteiger charge is 2.23. The third kappa shape index (κ3) is 5.33. The average Bonchev–Trinajstić information content (AvgIpc) is 4.02. The standard InChI is InChI=1S/C60H37N5/c1-4-15-38(16-5-1)50-37-51(39-17-6-2-7-18-39)62-60(61-50)65-55-26-14-19-40-27-31-48-44(32-34-56(65)59(48)58(40)55)41-28-30-47-45-22-10-12-24-52(45)64(57(47)35-41)43-29-33-54-49(36-43)46-23-11-13-25-53(46)63(54)42-20-8-3-9-21-42/h1-37H. The van der Waals surface area contributed by atoms with Gasteiger partial charge in [-0.3, -0.25) is 4.57 Å². The highest BCUT2D eigenvalue weighted by molar-refractivity contribution is 6.27. The summed E-state index contributed by atoms with van der Waals surface area (Å²) in [4.78, 5) is 10.6. The highest BCUT2D eigenvalue weighted by atomic mass is 15.2. The lowest BCUT2D eigenvalue weighted by Gasteiger charge is -2.13. The van der Waals surface area contributed by atoms with E-state index in [-0.39, 0.29) is 0 Å². The Morgan fingerprint density at radius 1 is 0.277 bits per heavy atom. The van der Waals surface area contributed by atoms with E-state index >= 15 is 0 Å². The second-order valence-electron chi connectivity index (χ2n) is 17.0. The molecule has 14 rings (SSSR count). The van der Waals surface area contributed by atoms with Crippen LogP contribution in [0.1, 0.15) is 0 Å². The van der Waals surface area contributed by atoms with Crippen LogP contribution in [0.3, 0.4) is 0 Å². The second-order valence-corrected chi connectivity index (χ2v) is 17.0. The molecule has 302 valence electrons. The van der Waals surface area contributed by atoms with E-state index < -0.39 is 0 Å². The van der Waals surface area contributed by atoms with Gasteiger partial charge in [-0.2, -0.15) is 0 Å². The number of nitrogens with zero attached hydrogens (tertiary/aromatic N) is 5. The molecule has 65 heavy (non-hydrogen) atoms. The summed E-state index contributed by atoms with van der Waals surface area (Å²) in [6, 6.07) is 80.8. The van der Waals surface area contributed by atoms with Gasteiger partial charge in [-0.1, -0.05) is 158 Å². The summed E-state index contributed by atoms with van der Waals surface area (Å²) in [6.07, 6.45) is 0. The molecule has 0 aliphatic carbocycles. The van der Waals surface area contributed by atoms with Crippen LogP contribution in [-0.2, 0) is 0 Å². The largest absolute Gasteiger partial charge is 0.309 e. The van der Waals surface area contributed by atoms with Crippen LogP contribution in [0.5, 0.6) is 0 Å². The Bertz CT molecular complexity index is 4100. The molecule has 0 saturated carbocycles. The van der Waals surface area contributed by atoms with Crippen molar-refractivity contribution >= 4 is 76.2 Å². The van der Waals surface area contributed by atoms with E-state index in [9.17, 15) is 0 Å². The van der Waals surface area contributed by atoms with Crippen molar-refractivity contribution in [3.05, 3.63) is 224 Å². The molecular weight excluding hydrogens is 791 g/mol. The minimum Gasteiger partial charge on any atom is -0.309 e. The van der Waals surface area contributed by atoms with Crippen molar-refractivity contribution in [3.63, 3.8) is 0 Å². The summed E-state index contributed by atoms with van der Waals surface area (Å²) < 4.78 is 7.09. The molecule has 0 unspecified atom stereocenters. The molecule has 4 aromatic heterocycles. The number of hydrogen-bond donors (Lipinski definition) is 0. The third-order valence-electron chi connectivity index (χ3n) is 13.4. The normalized spacial score (nSPS) is 12.0. The fraction of sp³-hybridized carbons (Fsp3) is 0. The maximum atomic E-state index is 5.31. The number of para-hydroxylation sites is 3. The number of hydrogen-bond acceptors (Lipinski definition) is 2. The lowest BCUT2D eigenvalue weighted by molar-refractivity contribution is 0.996. The summed E-state index contributed by atoms with van der Waals surface area (Å²) in [5, 5.41) is 9.75. The Balaban J connectivity index is 0.982. The summed E-state index contributed by atoms with van der Waals surface area (Å²) in [6.45, 7) is 0. The molecule has 4 heterocycles. The van der Waals surface area contributed by atoms with Crippen molar-refractivity contribution in [3.8, 4) is 51.0 Å². The minimum absolute atomic E-state index is 0.651. The van der Waals surface area contributed by atoms with Crippen LogP contribution in [0.25, 0.3) is 127 Å². The van der Waals surface area contributed by atoms with Crippen LogP contribution in [0.2, 0.25) is 0 Å². The molecule has 0 bridgehead atoms. The van der Waals surface area contributed by atoms with Gasteiger partial charge in [0.15, 0.2) is 0 Å². The first-order valence-electron chi connectivity index (χ1n) is 22.2. The summed E-state index contributed by atoms with van der Waals surface area (Å²) in [5.41, 5.74) is 15.4. The lowest BCUT2D eigenvalue weighted by atomic mass is 9.94. The summed E-state index contributed by atoms with van der Waals surface area (Å²) in [7, 11) is 0. The molecule has 0 aliphatic heterocycles. The van der Waals surface area contributed by atoms with Gasteiger partial charge >= 0.3 is 0 Å². The van der Waals surface area contributed by atoms with E-state index in [2.05, 4.69) is 226 Å². The summed E-state index contributed by atoms with van der Waals surface area (Å²) in [5.74, 6) is 0.651. The van der Waals surface area contributed by atoms with Gasteiger partial charge < -0.3 is 9.13 Å². The van der Waals surface area contributed by atoms with Gasteiger partial charge in [0, 0.05) is 54.8 Å². The van der Waals surface area contributed by atoms with Gasteiger partial charge in [-0.05, 0) is 88.6 Å². The van der Waals surface area contributed by atoms with Crippen molar-refractivity contribution in [2.45, 2.75) is 0 Å². The summed E-state index contributed by atoms with van der Waals surface area (Å²) >= 11 is 0. The maximum absolute atomic E-state index is 5.31. The zero-order chi connectivity index (χ0) is 42.6. The van der Waals surface area contributed by atoms with Gasteiger partial charge in [-0.25, -0.2) is 9.97 Å². The van der Waals surface area contributed by atoms with E-state index in [0.717, 1.165) is 44.9 Å². The first-order valence-corrected chi connectivity index (χ1v) is 22.2. The zero-order valence-corrected chi connectivity index (χ0v) is 35.1. The minimum atomic E-state index is 0.651. The van der Waals surface area contributed by atoms with Crippen molar-refractivity contribution < 1.29 is 0 Å². The lowest BCUT2D eigenvalue weighted by Crippen LogP contribution is -2.04. The number of aromatic nitrogens is 5. The predicted octanol–water partition coefficient (Wildman–Crippen LogP) is 15.4. The first-order chi connectivity index (χ1) is 32.2. The van der Waals surface area contributed by atoms with Crippen LogP contribution < -0.4 is 0 Å². The molecule has 0 atom stereocenters. The maximum Gasteiger partial charge on any atom is 0.235 e. The Morgan fingerprint density at radius 3 is 1.55 bits per heavy atom. The Hall–Kier alpha value is -8.80. The molecule has 0 amide bonds. The topological polar surface area (TPSA) is 40.6 Å². The fourth-order valence-electron chi connectivity index (χ4n) is 10.6. The van der Waals surface area contributed by atoms with E-state index in [4.69, 9.17) is 9.97 Å². The third-order valence-corrected chi connectivity index (χ3v) is 13.4. The molecule has 0 saturated heterocycles. The van der Waals surface area contributed by atoms with Crippen molar-refractivity contribution in [2.75, 3.05) is 0 Å². The Labute approximate surface area is 373 Å². The van der Waals surface area contributed by atoms with Gasteiger partial charge in [0.2, 0.25) is 5.95 Å². The molecule has 0 spiro atoms. The van der Waals surface area contributed by atoms with Crippen LogP contribution in [-0.4, -0.2) is 23.7 Å². The molecule has 0 radical (unpaired) electrons. The zero-order valence-electron chi connectivity index (χ0n) is 35.1. The fourth-order valence-corrected chi connectivity index (χ4v) is 10.6. The van der Waals surface area contributed by atoms with Crippen molar-refractivity contribution in [2.24, 2.45) is 0 Å². The Morgan fingerprint density at radius 2 is 0.831 bits per heavy atom. The van der Waals surface area contributed by atoms with E-state index in [1.807, 2.05) is 12.1 Å². The Kier molecular flexibility index (Phi) is 7.62. The van der Waals surface area contributed by atoms with Crippen LogP contribution in [0, 0.1) is 0 Å². The average molecular weight is 828 g/mol. The van der Waals surface area contributed by atoms with Crippen LogP contribution in [0.4, 0.5) is 0 Å². The van der Waals surface area contributed by atoms with Crippen molar-refractivity contribution in [1.82, 2.24) is 23.7 Å². The smallest absolute Gasteiger partial charge is 0.235 e. The van der Waals surface area contributed by atoms with Gasteiger partial charge in [0.05, 0.1) is 44.5 Å². The quantitative estimate of drug-likeness (QED) is 0.157. The molecule has 0 fully saturated rings. The molecule has 14 aromatic rings. The van der Waals surface area contributed by atoms with Crippen LogP contribution >= 0.6 is 0 Å². The van der Waals surface area contributed by atoms with E-state index in [1.54, 1.807) is 0 Å². The monoisotopic (exact) mass is 827 g/mol. The van der Waals surface area contributed by atoms with E-state index in [0.29, 0.717) is 5.95 Å². The molecule has 5 nitrogen and oxygen atoms in total. The van der Waals surface area contributed by atoms with Gasteiger partial charge in [0.1, 0.15) is 0 Å². The molecule has 0 aliphatic rings. The molecule has 0 N–H and O–H groups in total.